The van der Waals surface area contributed by atoms with Crippen LogP contribution < -0.4 is 5.32 Å². The quantitative estimate of drug-likeness (QED) is 0.347. The lowest BCUT2D eigenvalue weighted by molar-refractivity contribution is -0.134. The number of ether oxygens (including phenoxy) is 1. The van der Waals surface area contributed by atoms with Gasteiger partial charge in [-0.2, -0.15) is 0 Å². The van der Waals surface area contributed by atoms with Gasteiger partial charge in [0, 0.05) is 53.7 Å². The van der Waals surface area contributed by atoms with Gasteiger partial charge in [-0.25, -0.2) is 4.79 Å². The molecule has 230 valence electrons. The third-order valence-corrected chi connectivity index (χ3v) is 10.9. The Hall–Kier alpha value is -1.80. The van der Waals surface area contributed by atoms with E-state index in [1.54, 1.807) is 4.90 Å². The third kappa shape index (κ3) is 7.28. The van der Waals surface area contributed by atoms with Gasteiger partial charge < -0.3 is 19.9 Å². The maximum atomic E-state index is 13.3. The molecule has 1 aliphatic carbocycles. The number of rotatable bonds is 4. The second-order valence-electron chi connectivity index (χ2n) is 13.9. The number of benzene rings is 1. The number of likely N-dealkylation sites (tertiary alicyclic amines) is 2. The van der Waals surface area contributed by atoms with Gasteiger partial charge in [-0.05, 0) is 134 Å². The fraction of sp³-hybridized carbons (Fsp3) is 0.647. The van der Waals surface area contributed by atoms with Gasteiger partial charge in [-0.3, -0.25) is 4.79 Å². The van der Waals surface area contributed by atoms with Crippen LogP contribution in [0.4, 0.5) is 4.79 Å². The molecule has 42 heavy (non-hydrogen) atoms. The highest BCUT2D eigenvalue weighted by Gasteiger charge is 2.40. The number of nitrogens with one attached hydrogen (secondary N) is 1. The number of hydrogen-bond acceptors (Lipinski definition) is 4. The molecular weight excluding hydrogens is 658 g/mol. The first-order chi connectivity index (χ1) is 19.9. The molecule has 3 heterocycles. The van der Waals surface area contributed by atoms with Crippen molar-refractivity contribution in [2.75, 3.05) is 26.2 Å². The number of aryl methyl sites for hydroxylation is 2. The Morgan fingerprint density at radius 3 is 2.36 bits per heavy atom. The van der Waals surface area contributed by atoms with Gasteiger partial charge in [0.2, 0.25) is 5.91 Å². The van der Waals surface area contributed by atoms with E-state index in [0.29, 0.717) is 43.2 Å². The summed E-state index contributed by atoms with van der Waals surface area (Å²) in [5.41, 5.74) is 5.24. The number of halogens is 2. The molecule has 3 atom stereocenters. The summed E-state index contributed by atoms with van der Waals surface area (Å²) in [5, 5.41) is 3.76. The fourth-order valence-corrected chi connectivity index (χ4v) is 8.86. The zero-order chi connectivity index (χ0) is 30.2. The van der Waals surface area contributed by atoms with Crippen LogP contribution in [0.3, 0.4) is 0 Å². The predicted molar refractivity (Wildman–Crippen MR) is 176 cm³/mol. The standard InChI is InChI=1S/C34H47Br2N3O3/c1-21-16-25-6-7-26-19-27(35)20-37-32(26)30(31(25)28(36)17-21)22(2)24-10-14-38(15-11-24)29(40)18-23-8-12-39(13-9-23)33(41)42-34(3,4)5/h16-17,19-20,22-24,30,32,37H,6-15,18H2,1-5H3. The lowest BCUT2D eigenvalue weighted by atomic mass is 9.70. The van der Waals surface area contributed by atoms with Gasteiger partial charge in [0.1, 0.15) is 5.60 Å². The molecule has 1 N–H and O–H groups in total. The highest BCUT2D eigenvalue weighted by atomic mass is 79.9. The minimum atomic E-state index is -0.483. The number of nitrogens with zero attached hydrogens (tertiary/aromatic N) is 2. The first-order valence-electron chi connectivity index (χ1n) is 15.8. The van der Waals surface area contributed by atoms with Crippen molar-refractivity contribution < 1.29 is 14.3 Å². The molecule has 0 aromatic heterocycles. The molecular formula is C34H47Br2N3O3. The number of carbonyl (C=O) groups is 2. The van der Waals surface area contributed by atoms with Crippen LogP contribution in [0.1, 0.15) is 88.8 Å². The van der Waals surface area contributed by atoms with Crippen LogP contribution in [0.25, 0.3) is 0 Å². The maximum Gasteiger partial charge on any atom is 0.410 e. The topological polar surface area (TPSA) is 61.9 Å². The minimum absolute atomic E-state index is 0.239. The van der Waals surface area contributed by atoms with Crippen LogP contribution in [0.2, 0.25) is 0 Å². The number of fused-ring (bicyclic) bond motifs is 2. The Kier molecular flexibility index (Phi) is 9.83. The van der Waals surface area contributed by atoms with Crippen LogP contribution in [0, 0.1) is 24.7 Å². The van der Waals surface area contributed by atoms with E-state index in [1.165, 1.54) is 26.7 Å². The van der Waals surface area contributed by atoms with E-state index in [9.17, 15) is 9.59 Å². The fourth-order valence-electron chi connectivity index (χ4n) is 7.55. The summed E-state index contributed by atoms with van der Waals surface area (Å²) in [6, 6.07) is 4.95. The molecule has 1 aromatic rings. The Bertz CT molecular complexity index is 1240. The second-order valence-corrected chi connectivity index (χ2v) is 15.7. The van der Waals surface area contributed by atoms with Crippen molar-refractivity contribution in [1.82, 2.24) is 15.1 Å². The largest absolute Gasteiger partial charge is 0.444 e. The van der Waals surface area contributed by atoms with Gasteiger partial charge in [0.05, 0.1) is 6.04 Å². The Labute approximate surface area is 268 Å². The van der Waals surface area contributed by atoms with Crippen LogP contribution in [0.15, 0.2) is 38.9 Å². The molecule has 0 radical (unpaired) electrons. The van der Waals surface area contributed by atoms with Crippen molar-refractivity contribution in [1.29, 1.82) is 0 Å². The summed E-state index contributed by atoms with van der Waals surface area (Å²) in [5.74, 6) is 2.02. The number of piperidine rings is 2. The predicted octanol–water partition coefficient (Wildman–Crippen LogP) is 7.83. The summed E-state index contributed by atoms with van der Waals surface area (Å²) in [7, 11) is 0. The monoisotopic (exact) mass is 703 g/mol. The molecule has 2 amide bonds. The van der Waals surface area contributed by atoms with Crippen molar-refractivity contribution in [2.24, 2.45) is 17.8 Å². The number of carbonyl (C=O) groups excluding carboxylic acids is 2. The van der Waals surface area contributed by atoms with Crippen molar-refractivity contribution in [2.45, 2.75) is 97.1 Å². The average molecular weight is 706 g/mol. The first-order valence-corrected chi connectivity index (χ1v) is 17.3. The van der Waals surface area contributed by atoms with Crippen LogP contribution >= 0.6 is 31.9 Å². The molecule has 1 aromatic carbocycles. The Morgan fingerprint density at radius 1 is 1.02 bits per heavy atom. The van der Waals surface area contributed by atoms with Crippen molar-refractivity contribution in [3.05, 3.63) is 55.6 Å². The van der Waals surface area contributed by atoms with Crippen molar-refractivity contribution in [3.8, 4) is 0 Å². The van der Waals surface area contributed by atoms with Crippen LogP contribution in [-0.4, -0.2) is 59.6 Å². The summed E-state index contributed by atoms with van der Waals surface area (Å²) in [6.45, 7) is 13.3. The summed E-state index contributed by atoms with van der Waals surface area (Å²) < 4.78 is 7.88. The van der Waals surface area contributed by atoms with Gasteiger partial charge >= 0.3 is 6.09 Å². The molecule has 3 unspecified atom stereocenters. The smallest absolute Gasteiger partial charge is 0.410 e. The zero-order valence-corrected chi connectivity index (χ0v) is 29.0. The van der Waals surface area contributed by atoms with E-state index in [4.69, 9.17) is 4.74 Å². The normalized spacial score (nSPS) is 24.5. The highest BCUT2D eigenvalue weighted by molar-refractivity contribution is 9.12. The molecule has 0 bridgehead atoms. The number of dihydropyridines is 1. The molecule has 0 saturated carbocycles. The van der Waals surface area contributed by atoms with Crippen molar-refractivity contribution in [3.63, 3.8) is 0 Å². The average Bonchev–Trinajstić information content (AvgIpc) is 3.09. The first kappa shape index (κ1) is 31.6. The van der Waals surface area contributed by atoms with Crippen LogP contribution in [0.5, 0.6) is 0 Å². The molecule has 4 aliphatic rings. The van der Waals surface area contributed by atoms with Gasteiger partial charge in [-0.15, -0.1) is 0 Å². The number of allylic oxidation sites excluding steroid dienone is 2. The zero-order valence-electron chi connectivity index (χ0n) is 25.8. The molecule has 2 saturated heterocycles. The van der Waals surface area contributed by atoms with E-state index in [1.807, 2.05) is 20.8 Å². The Balaban J connectivity index is 1.19. The summed E-state index contributed by atoms with van der Waals surface area (Å²) in [6.07, 6.45) is 10.7. The molecule has 5 rings (SSSR count). The Morgan fingerprint density at radius 2 is 1.69 bits per heavy atom. The van der Waals surface area contributed by atoms with Gasteiger partial charge in [0.15, 0.2) is 0 Å². The summed E-state index contributed by atoms with van der Waals surface area (Å²) >= 11 is 7.67. The lowest BCUT2D eigenvalue weighted by Gasteiger charge is -2.42. The SMILES string of the molecule is Cc1cc(Br)c2c(c1)CCC1=CC(Br)=CNC1C2C(C)C1CCN(C(=O)CC2CCN(C(=O)OC(C)(C)C)CC2)CC1. The van der Waals surface area contributed by atoms with E-state index < -0.39 is 5.60 Å². The van der Waals surface area contributed by atoms with E-state index in [-0.39, 0.29) is 18.0 Å². The van der Waals surface area contributed by atoms with Crippen molar-refractivity contribution >= 4 is 43.9 Å². The van der Waals surface area contributed by atoms with E-state index in [2.05, 4.69) is 80.3 Å². The summed E-state index contributed by atoms with van der Waals surface area (Å²) in [4.78, 5) is 29.7. The van der Waals surface area contributed by atoms with E-state index >= 15 is 0 Å². The molecule has 0 spiro atoms. The van der Waals surface area contributed by atoms with Gasteiger partial charge in [0.25, 0.3) is 0 Å². The second kappa shape index (κ2) is 13.1. The molecule has 2 fully saturated rings. The maximum absolute atomic E-state index is 13.3. The number of amides is 2. The molecule has 3 aliphatic heterocycles. The lowest BCUT2D eigenvalue weighted by Crippen LogP contribution is -2.45. The van der Waals surface area contributed by atoms with Crippen LogP contribution in [-0.2, 0) is 16.0 Å². The molecule has 8 heteroatoms. The minimum Gasteiger partial charge on any atom is -0.444 e. The highest BCUT2D eigenvalue weighted by Crippen LogP contribution is 2.47. The molecule has 6 nitrogen and oxygen atoms in total. The van der Waals surface area contributed by atoms with Gasteiger partial charge in [-0.1, -0.05) is 28.9 Å². The third-order valence-electron chi connectivity index (χ3n) is 9.79. The number of hydrogen-bond donors (Lipinski definition) is 1. The van der Waals surface area contributed by atoms with E-state index in [0.717, 1.165) is 56.1 Å².